The standard InChI is InChI=1S/C13H16N4O2S/c1-2-9-6-10(12(20-9)17-13(14)19)11(18)16-8-4-3-5-15-7-8/h1,6,8,15H,3-5,7H2,(H,16,18)(H3,14,17,19)/t8-/m0/s1. The minimum Gasteiger partial charge on any atom is -0.351 e. The van der Waals surface area contributed by atoms with Crippen molar-refractivity contribution >= 4 is 28.3 Å². The molecule has 0 spiro atoms. The zero-order chi connectivity index (χ0) is 14.5. The van der Waals surface area contributed by atoms with Crippen LogP contribution < -0.4 is 21.7 Å². The van der Waals surface area contributed by atoms with Crippen LogP contribution in [0.5, 0.6) is 0 Å². The normalized spacial score (nSPS) is 18.1. The molecule has 1 atom stereocenters. The van der Waals surface area contributed by atoms with E-state index in [2.05, 4.69) is 21.9 Å². The third kappa shape index (κ3) is 3.50. The van der Waals surface area contributed by atoms with Crippen molar-refractivity contribution in [1.82, 2.24) is 10.6 Å². The number of terminal acetylenes is 1. The van der Waals surface area contributed by atoms with E-state index in [0.29, 0.717) is 15.4 Å². The van der Waals surface area contributed by atoms with Crippen molar-refractivity contribution in [2.24, 2.45) is 5.73 Å². The van der Waals surface area contributed by atoms with Crippen LogP contribution in [0.15, 0.2) is 6.07 Å². The number of nitrogens with two attached hydrogens (primary N) is 1. The maximum atomic E-state index is 12.3. The Bertz CT molecular complexity index is 555. The number of carbonyl (C=O) groups is 2. The van der Waals surface area contributed by atoms with Crippen LogP contribution in [0.2, 0.25) is 0 Å². The molecule has 1 aromatic heterocycles. The molecule has 0 saturated carbocycles. The van der Waals surface area contributed by atoms with Gasteiger partial charge in [-0.2, -0.15) is 0 Å². The van der Waals surface area contributed by atoms with E-state index in [-0.39, 0.29) is 11.9 Å². The predicted molar refractivity (Wildman–Crippen MR) is 78.8 cm³/mol. The Balaban J connectivity index is 2.13. The van der Waals surface area contributed by atoms with Crippen molar-refractivity contribution < 1.29 is 9.59 Å². The molecule has 0 bridgehead atoms. The first kappa shape index (κ1) is 14.4. The molecule has 20 heavy (non-hydrogen) atoms. The monoisotopic (exact) mass is 292 g/mol. The van der Waals surface area contributed by atoms with E-state index in [9.17, 15) is 9.59 Å². The summed E-state index contributed by atoms with van der Waals surface area (Å²) in [6, 6.07) is 0.956. The summed E-state index contributed by atoms with van der Waals surface area (Å²) in [6.45, 7) is 1.72. The van der Waals surface area contributed by atoms with E-state index < -0.39 is 6.03 Å². The number of piperidine rings is 1. The number of carbonyl (C=O) groups excluding carboxylic acids is 2. The summed E-state index contributed by atoms with van der Waals surface area (Å²) in [4.78, 5) is 23.8. The van der Waals surface area contributed by atoms with Gasteiger partial charge in [0.2, 0.25) is 0 Å². The molecule has 0 unspecified atom stereocenters. The first-order valence-electron chi connectivity index (χ1n) is 6.28. The topological polar surface area (TPSA) is 96.2 Å². The molecule has 106 valence electrons. The minimum absolute atomic E-state index is 0.0897. The summed E-state index contributed by atoms with van der Waals surface area (Å²) in [5, 5.41) is 8.96. The summed E-state index contributed by atoms with van der Waals surface area (Å²) in [7, 11) is 0. The van der Waals surface area contributed by atoms with Gasteiger partial charge in [0.1, 0.15) is 5.00 Å². The lowest BCUT2D eigenvalue weighted by molar-refractivity contribution is 0.0932. The Labute approximate surface area is 121 Å². The average Bonchev–Trinajstić information content (AvgIpc) is 2.82. The highest BCUT2D eigenvalue weighted by Crippen LogP contribution is 2.27. The van der Waals surface area contributed by atoms with Crippen LogP contribution in [0, 0.1) is 12.3 Å². The summed E-state index contributed by atoms with van der Waals surface area (Å²) in [5.41, 5.74) is 5.45. The van der Waals surface area contributed by atoms with Gasteiger partial charge in [0.25, 0.3) is 5.91 Å². The second-order valence-electron chi connectivity index (χ2n) is 4.50. The molecular weight excluding hydrogens is 276 g/mol. The van der Waals surface area contributed by atoms with Crippen molar-refractivity contribution in [3.8, 4) is 12.3 Å². The van der Waals surface area contributed by atoms with Gasteiger partial charge in [0.15, 0.2) is 0 Å². The molecular formula is C13H16N4O2S. The van der Waals surface area contributed by atoms with Gasteiger partial charge < -0.3 is 16.4 Å². The van der Waals surface area contributed by atoms with E-state index in [4.69, 9.17) is 12.2 Å². The Morgan fingerprint density at radius 3 is 2.95 bits per heavy atom. The maximum absolute atomic E-state index is 12.3. The van der Waals surface area contributed by atoms with Gasteiger partial charge in [0.05, 0.1) is 10.4 Å². The zero-order valence-electron chi connectivity index (χ0n) is 10.9. The lowest BCUT2D eigenvalue weighted by atomic mass is 10.1. The number of anilines is 1. The lowest BCUT2D eigenvalue weighted by Gasteiger charge is -2.23. The molecule has 1 aromatic rings. The van der Waals surface area contributed by atoms with Crippen molar-refractivity contribution in [2.75, 3.05) is 18.4 Å². The Morgan fingerprint density at radius 1 is 1.55 bits per heavy atom. The molecule has 0 radical (unpaired) electrons. The number of urea groups is 1. The lowest BCUT2D eigenvalue weighted by Crippen LogP contribution is -2.45. The molecule has 1 saturated heterocycles. The largest absolute Gasteiger partial charge is 0.351 e. The van der Waals surface area contributed by atoms with Crippen LogP contribution >= 0.6 is 11.3 Å². The molecule has 0 aliphatic carbocycles. The van der Waals surface area contributed by atoms with Crippen molar-refractivity contribution in [3.05, 3.63) is 16.5 Å². The van der Waals surface area contributed by atoms with Gasteiger partial charge in [0, 0.05) is 12.6 Å². The average molecular weight is 292 g/mol. The second-order valence-corrected chi connectivity index (χ2v) is 5.56. The highest BCUT2D eigenvalue weighted by atomic mass is 32.1. The zero-order valence-corrected chi connectivity index (χ0v) is 11.7. The molecule has 5 N–H and O–H groups in total. The molecule has 2 rings (SSSR count). The maximum Gasteiger partial charge on any atom is 0.317 e. The first-order valence-corrected chi connectivity index (χ1v) is 7.10. The van der Waals surface area contributed by atoms with Crippen LogP contribution in [0.4, 0.5) is 9.80 Å². The van der Waals surface area contributed by atoms with Crippen LogP contribution in [-0.4, -0.2) is 31.1 Å². The predicted octanol–water partition coefficient (Wildman–Crippen LogP) is 0.702. The third-order valence-corrected chi connectivity index (χ3v) is 3.97. The van der Waals surface area contributed by atoms with Crippen molar-refractivity contribution in [2.45, 2.75) is 18.9 Å². The molecule has 1 fully saturated rings. The number of rotatable bonds is 3. The third-order valence-electron chi connectivity index (χ3n) is 2.99. The summed E-state index contributed by atoms with van der Waals surface area (Å²) < 4.78 is 0. The van der Waals surface area contributed by atoms with Crippen LogP contribution in [-0.2, 0) is 0 Å². The second kappa shape index (κ2) is 6.41. The fraction of sp³-hybridized carbons (Fsp3) is 0.385. The quantitative estimate of drug-likeness (QED) is 0.618. The van der Waals surface area contributed by atoms with Gasteiger partial charge in [-0.1, -0.05) is 5.92 Å². The number of thiophene rings is 1. The van der Waals surface area contributed by atoms with E-state index in [1.807, 2.05) is 0 Å². The molecule has 6 nitrogen and oxygen atoms in total. The number of nitrogens with one attached hydrogen (secondary N) is 3. The minimum atomic E-state index is -0.719. The van der Waals surface area contributed by atoms with E-state index in [1.54, 1.807) is 6.07 Å². The SMILES string of the molecule is C#Cc1cc(C(=O)N[C@H]2CCCNC2)c(NC(N)=O)s1. The van der Waals surface area contributed by atoms with Crippen molar-refractivity contribution in [1.29, 1.82) is 0 Å². The summed E-state index contributed by atoms with van der Waals surface area (Å²) in [6.07, 6.45) is 7.28. The fourth-order valence-electron chi connectivity index (χ4n) is 2.07. The van der Waals surface area contributed by atoms with Gasteiger partial charge in [-0.3, -0.25) is 10.1 Å². The Morgan fingerprint density at radius 2 is 2.35 bits per heavy atom. The van der Waals surface area contributed by atoms with Crippen LogP contribution in [0.25, 0.3) is 0 Å². The number of hydrogen-bond acceptors (Lipinski definition) is 4. The van der Waals surface area contributed by atoms with Gasteiger partial charge >= 0.3 is 6.03 Å². The molecule has 3 amide bonds. The molecule has 7 heteroatoms. The van der Waals surface area contributed by atoms with Gasteiger partial charge in [-0.15, -0.1) is 17.8 Å². The van der Waals surface area contributed by atoms with Crippen LogP contribution in [0.1, 0.15) is 28.1 Å². The molecule has 0 aromatic carbocycles. The highest BCUT2D eigenvalue weighted by molar-refractivity contribution is 7.17. The summed E-state index contributed by atoms with van der Waals surface area (Å²) >= 11 is 1.15. The van der Waals surface area contributed by atoms with E-state index in [1.165, 1.54) is 0 Å². The van der Waals surface area contributed by atoms with E-state index in [0.717, 1.165) is 37.3 Å². The Kier molecular flexibility index (Phi) is 4.61. The smallest absolute Gasteiger partial charge is 0.317 e. The fourth-order valence-corrected chi connectivity index (χ4v) is 2.94. The van der Waals surface area contributed by atoms with Gasteiger partial charge in [-0.25, -0.2) is 4.79 Å². The summed E-state index contributed by atoms with van der Waals surface area (Å²) in [5.74, 6) is 2.20. The molecule has 1 aliphatic rings. The highest BCUT2D eigenvalue weighted by Gasteiger charge is 2.21. The number of primary amides is 1. The number of amides is 3. The number of hydrogen-bond donors (Lipinski definition) is 4. The molecule has 1 aliphatic heterocycles. The molecule has 2 heterocycles. The van der Waals surface area contributed by atoms with Gasteiger partial charge in [-0.05, 0) is 25.5 Å². The van der Waals surface area contributed by atoms with Crippen molar-refractivity contribution in [3.63, 3.8) is 0 Å². The van der Waals surface area contributed by atoms with Crippen LogP contribution in [0.3, 0.4) is 0 Å². The Hall–Kier alpha value is -2.04. The van der Waals surface area contributed by atoms with E-state index >= 15 is 0 Å². The first-order chi connectivity index (χ1) is 9.60.